The zero-order chi connectivity index (χ0) is 21.1. The smallest absolute Gasteiger partial charge is 0.278 e. The maximum Gasteiger partial charge on any atom is 0.278 e. The van der Waals surface area contributed by atoms with E-state index in [1.165, 1.54) is 16.8 Å². The number of anilines is 2. The number of carbonyl (C=O) groups excluding carboxylic acids is 2. The van der Waals surface area contributed by atoms with E-state index in [-0.39, 0.29) is 18.1 Å². The predicted molar refractivity (Wildman–Crippen MR) is 109 cm³/mol. The van der Waals surface area contributed by atoms with E-state index < -0.39 is 11.7 Å². The molecule has 9 heteroatoms. The fourth-order valence-electron chi connectivity index (χ4n) is 2.70. The molecule has 0 fully saturated rings. The summed E-state index contributed by atoms with van der Waals surface area (Å²) in [6.07, 6.45) is 0. The lowest BCUT2D eigenvalue weighted by Crippen LogP contribution is -2.21. The van der Waals surface area contributed by atoms with Crippen molar-refractivity contribution in [3.8, 4) is 0 Å². The van der Waals surface area contributed by atoms with Gasteiger partial charge in [0.15, 0.2) is 5.69 Å². The highest BCUT2D eigenvalue weighted by molar-refractivity contribution is 6.31. The number of rotatable bonds is 5. The van der Waals surface area contributed by atoms with E-state index in [9.17, 15) is 14.0 Å². The number of hydrogen-bond acceptors (Lipinski definition) is 4. The van der Waals surface area contributed by atoms with Crippen molar-refractivity contribution in [1.29, 1.82) is 0 Å². The molecule has 7 nitrogen and oxygen atoms in total. The van der Waals surface area contributed by atoms with Gasteiger partial charge in [0.25, 0.3) is 5.91 Å². The molecule has 150 valence electrons. The highest BCUT2D eigenvalue weighted by Crippen LogP contribution is 2.23. The fraction of sp³-hybridized carbons (Fsp3) is 0.200. The van der Waals surface area contributed by atoms with Crippen LogP contribution in [0.3, 0.4) is 0 Å². The van der Waals surface area contributed by atoms with Crippen molar-refractivity contribution in [2.75, 3.05) is 10.6 Å². The summed E-state index contributed by atoms with van der Waals surface area (Å²) in [5.74, 6) is -1.33. The van der Waals surface area contributed by atoms with Gasteiger partial charge in [-0.2, -0.15) is 0 Å². The third kappa shape index (κ3) is 4.60. The number of amides is 2. The van der Waals surface area contributed by atoms with Crippen molar-refractivity contribution in [3.63, 3.8) is 0 Å². The van der Waals surface area contributed by atoms with Gasteiger partial charge in [-0.05, 0) is 56.2 Å². The lowest BCUT2D eigenvalue weighted by molar-refractivity contribution is -0.117. The maximum atomic E-state index is 13.4. The summed E-state index contributed by atoms with van der Waals surface area (Å²) in [5.41, 5.74) is 2.87. The number of nitrogens with one attached hydrogen (secondary N) is 2. The van der Waals surface area contributed by atoms with Crippen molar-refractivity contribution in [2.24, 2.45) is 0 Å². The van der Waals surface area contributed by atoms with Crippen LogP contribution >= 0.6 is 11.6 Å². The molecule has 2 N–H and O–H groups in total. The Labute approximate surface area is 171 Å². The summed E-state index contributed by atoms with van der Waals surface area (Å²) >= 11 is 6.06. The summed E-state index contributed by atoms with van der Waals surface area (Å²) in [6, 6.07) is 9.33. The predicted octanol–water partition coefficient (Wildman–Crippen LogP) is 3.89. The molecule has 3 aromatic rings. The molecule has 2 amide bonds. The zero-order valence-electron chi connectivity index (χ0n) is 16.1. The van der Waals surface area contributed by atoms with Crippen LogP contribution in [-0.4, -0.2) is 26.8 Å². The summed E-state index contributed by atoms with van der Waals surface area (Å²) < 4.78 is 14.7. The quantitative estimate of drug-likeness (QED) is 0.661. The molecule has 1 heterocycles. The van der Waals surface area contributed by atoms with E-state index in [0.717, 1.165) is 5.56 Å². The monoisotopic (exact) mass is 415 g/mol. The Bertz CT molecular complexity index is 1100. The second-order valence-corrected chi connectivity index (χ2v) is 6.96. The number of benzene rings is 2. The molecule has 0 aliphatic heterocycles. The highest BCUT2D eigenvalue weighted by atomic mass is 35.5. The zero-order valence-corrected chi connectivity index (χ0v) is 16.8. The number of hydrogen-bond donors (Lipinski definition) is 2. The molecule has 0 radical (unpaired) electrons. The molecule has 1 aromatic heterocycles. The molecule has 0 bridgehead atoms. The van der Waals surface area contributed by atoms with Gasteiger partial charge in [-0.1, -0.05) is 28.9 Å². The van der Waals surface area contributed by atoms with Gasteiger partial charge < -0.3 is 10.6 Å². The van der Waals surface area contributed by atoms with Crippen LogP contribution < -0.4 is 10.6 Å². The Morgan fingerprint density at radius 2 is 1.86 bits per heavy atom. The van der Waals surface area contributed by atoms with Gasteiger partial charge in [0.05, 0.1) is 5.69 Å². The van der Waals surface area contributed by atoms with Crippen LogP contribution in [0.15, 0.2) is 36.4 Å². The molecule has 0 spiro atoms. The van der Waals surface area contributed by atoms with Crippen LogP contribution in [0.1, 0.15) is 27.3 Å². The molecule has 3 rings (SSSR count). The fourth-order valence-corrected chi connectivity index (χ4v) is 2.87. The molecule has 29 heavy (non-hydrogen) atoms. The van der Waals surface area contributed by atoms with Crippen molar-refractivity contribution >= 4 is 34.8 Å². The number of nitrogens with zero attached hydrogens (tertiary/aromatic N) is 3. The first-order valence-electron chi connectivity index (χ1n) is 8.79. The Morgan fingerprint density at radius 1 is 1.10 bits per heavy atom. The van der Waals surface area contributed by atoms with E-state index in [1.54, 1.807) is 45.0 Å². The average Bonchev–Trinajstić information content (AvgIpc) is 3.02. The van der Waals surface area contributed by atoms with Gasteiger partial charge in [-0.15, -0.1) is 5.10 Å². The lowest BCUT2D eigenvalue weighted by Gasteiger charge is -2.10. The van der Waals surface area contributed by atoms with Crippen LogP contribution in [-0.2, 0) is 11.3 Å². The van der Waals surface area contributed by atoms with Gasteiger partial charge in [0.1, 0.15) is 12.4 Å². The summed E-state index contributed by atoms with van der Waals surface area (Å²) in [4.78, 5) is 24.9. The van der Waals surface area contributed by atoms with Gasteiger partial charge in [-0.25, -0.2) is 9.07 Å². The number of carbonyl (C=O) groups is 2. The van der Waals surface area contributed by atoms with E-state index >= 15 is 0 Å². The third-order valence-electron chi connectivity index (χ3n) is 4.48. The Hall–Kier alpha value is -3.26. The molecular weight excluding hydrogens is 397 g/mol. The normalized spacial score (nSPS) is 10.7. The van der Waals surface area contributed by atoms with Crippen molar-refractivity contribution in [3.05, 3.63) is 69.8 Å². The number of aromatic nitrogens is 3. The molecule has 0 aliphatic carbocycles. The standard InChI is InChI=1S/C20H19ClFN5O2/c1-11-7-8-14(22)9-17(11)24-20(29)19-13(3)27(26-25-19)10-18(28)23-16-6-4-5-15(21)12(16)2/h4-9H,10H2,1-3H3,(H,23,28)(H,24,29). The van der Waals surface area contributed by atoms with Crippen LogP contribution in [0.5, 0.6) is 0 Å². The summed E-state index contributed by atoms with van der Waals surface area (Å²) in [5, 5.41) is 13.7. The average molecular weight is 416 g/mol. The van der Waals surface area contributed by atoms with Gasteiger partial charge >= 0.3 is 0 Å². The molecule has 0 saturated heterocycles. The minimum Gasteiger partial charge on any atom is -0.324 e. The highest BCUT2D eigenvalue weighted by Gasteiger charge is 2.19. The first kappa shape index (κ1) is 20.5. The summed E-state index contributed by atoms with van der Waals surface area (Å²) in [6.45, 7) is 5.05. The molecule has 0 aliphatic rings. The van der Waals surface area contributed by atoms with Crippen LogP contribution in [0.25, 0.3) is 0 Å². The SMILES string of the molecule is Cc1ccc(F)cc1NC(=O)c1nnn(CC(=O)Nc2cccc(Cl)c2C)c1C. The van der Waals surface area contributed by atoms with Crippen LogP contribution in [0, 0.1) is 26.6 Å². The van der Waals surface area contributed by atoms with Gasteiger partial charge in [0, 0.05) is 16.4 Å². The molecule has 0 atom stereocenters. The Morgan fingerprint density at radius 3 is 2.62 bits per heavy atom. The minimum atomic E-state index is -0.534. The molecule has 2 aromatic carbocycles. The molecule has 0 unspecified atom stereocenters. The van der Waals surface area contributed by atoms with Crippen LogP contribution in [0.2, 0.25) is 5.02 Å². The molecule has 0 saturated carbocycles. The van der Waals surface area contributed by atoms with Crippen molar-refractivity contribution < 1.29 is 14.0 Å². The second kappa shape index (κ2) is 8.40. The van der Waals surface area contributed by atoms with Gasteiger partial charge in [0.2, 0.25) is 5.91 Å². The van der Waals surface area contributed by atoms with E-state index in [1.807, 2.05) is 0 Å². The molecular formula is C20H19ClFN5O2. The summed E-state index contributed by atoms with van der Waals surface area (Å²) in [7, 11) is 0. The van der Waals surface area contributed by atoms with E-state index in [4.69, 9.17) is 11.6 Å². The topological polar surface area (TPSA) is 88.9 Å². The van der Waals surface area contributed by atoms with Crippen molar-refractivity contribution in [1.82, 2.24) is 15.0 Å². The Kier molecular flexibility index (Phi) is 5.93. The van der Waals surface area contributed by atoms with Crippen LogP contribution in [0.4, 0.5) is 15.8 Å². The van der Waals surface area contributed by atoms with Crippen molar-refractivity contribution in [2.45, 2.75) is 27.3 Å². The number of halogens is 2. The lowest BCUT2D eigenvalue weighted by atomic mass is 10.2. The van der Waals surface area contributed by atoms with Gasteiger partial charge in [-0.3, -0.25) is 9.59 Å². The largest absolute Gasteiger partial charge is 0.324 e. The van der Waals surface area contributed by atoms with E-state index in [0.29, 0.717) is 27.7 Å². The maximum absolute atomic E-state index is 13.4. The number of aryl methyl sites for hydroxylation is 1. The first-order valence-corrected chi connectivity index (χ1v) is 9.16. The third-order valence-corrected chi connectivity index (χ3v) is 4.89. The first-order chi connectivity index (χ1) is 13.8. The van der Waals surface area contributed by atoms with E-state index in [2.05, 4.69) is 20.9 Å². The minimum absolute atomic E-state index is 0.0559. The second-order valence-electron chi connectivity index (χ2n) is 6.56. The Balaban J connectivity index is 1.71.